The molecule has 1 heterocycles. The Morgan fingerprint density at radius 2 is 2.12 bits per heavy atom. The Morgan fingerprint density at radius 3 is 2.76 bits per heavy atom. The molecule has 0 spiro atoms. The molecule has 0 radical (unpaired) electrons. The smallest absolute Gasteiger partial charge is 0.271 e. The third-order valence-corrected chi connectivity index (χ3v) is 3.51. The van der Waals surface area contributed by atoms with E-state index < -0.39 is 0 Å². The van der Waals surface area contributed by atoms with Crippen LogP contribution in [0.3, 0.4) is 0 Å². The molecule has 1 aliphatic carbocycles. The third kappa shape index (κ3) is 3.25. The molecule has 1 atom stereocenters. The van der Waals surface area contributed by atoms with Crippen LogP contribution >= 0.6 is 0 Å². The first-order chi connectivity index (χ1) is 8.27. The fourth-order valence-corrected chi connectivity index (χ4v) is 2.45. The van der Waals surface area contributed by atoms with Crippen LogP contribution in [0.15, 0.2) is 18.6 Å². The molecule has 0 aliphatic heterocycles. The van der Waals surface area contributed by atoms with Crippen molar-refractivity contribution in [2.45, 2.75) is 45.1 Å². The second-order valence-corrected chi connectivity index (χ2v) is 4.75. The molecule has 1 saturated carbocycles. The van der Waals surface area contributed by atoms with E-state index >= 15 is 0 Å². The SMILES string of the molecule is CC(NC(=O)c1cnccn1)C1CCCCC1. The van der Waals surface area contributed by atoms with Crippen LogP contribution in [-0.4, -0.2) is 21.9 Å². The largest absolute Gasteiger partial charge is 0.348 e. The molecule has 1 aromatic heterocycles. The van der Waals surface area contributed by atoms with E-state index in [1.54, 1.807) is 12.4 Å². The van der Waals surface area contributed by atoms with E-state index in [1.165, 1.54) is 38.3 Å². The van der Waals surface area contributed by atoms with Crippen molar-refractivity contribution >= 4 is 5.91 Å². The van der Waals surface area contributed by atoms with Gasteiger partial charge >= 0.3 is 0 Å². The molecular formula is C13H19N3O. The number of hydrogen-bond donors (Lipinski definition) is 1. The number of aromatic nitrogens is 2. The Balaban J connectivity index is 1.89. The Hall–Kier alpha value is -1.45. The number of nitrogens with zero attached hydrogens (tertiary/aromatic N) is 2. The minimum Gasteiger partial charge on any atom is -0.348 e. The van der Waals surface area contributed by atoms with Crippen LogP contribution in [0, 0.1) is 5.92 Å². The second kappa shape index (κ2) is 5.75. The quantitative estimate of drug-likeness (QED) is 0.870. The molecule has 2 rings (SSSR count). The van der Waals surface area contributed by atoms with Gasteiger partial charge in [0.15, 0.2) is 0 Å². The molecule has 0 saturated heterocycles. The van der Waals surface area contributed by atoms with Crippen LogP contribution in [0.4, 0.5) is 0 Å². The summed E-state index contributed by atoms with van der Waals surface area (Å²) in [5.41, 5.74) is 0.398. The molecule has 0 aromatic carbocycles. The highest BCUT2D eigenvalue weighted by Crippen LogP contribution is 2.26. The van der Waals surface area contributed by atoms with E-state index in [-0.39, 0.29) is 11.9 Å². The first-order valence-electron chi connectivity index (χ1n) is 6.34. The minimum atomic E-state index is -0.115. The van der Waals surface area contributed by atoms with Gasteiger partial charge in [0, 0.05) is 18.4 Å². The summed E-state index contributed by atoms with van der Waals surface area (Å²) in [6.45, 7) is 2.09. The predicted molar refractivity (Wildman–Crippen MR) is 65.5 cm³/mol. The summed E-state index contributed by atoms with van der Waals surface area (Å²) < 4.78 is 0. The van der Waals surface area contributed by atoms with Crippen molar-refractivity contribution in [3.63, 3.8) is 0 Å². The van der Waals surface area contributed by atoms with Crippen molar-refractivity contribution in [1.82, 2.24) is 15.3 Å². The summed E-state index contributed by atoms with van der Waals surface area (Å²) in [5.74, 6) is 0.501. The van der Waals surface area contributed by atoms with Gasteiger partial charge in [0.25, 0.3) is 5.91 Å². The van der Waals surface area contributed by atoms with Gasteiger partial charge in [0.1, 0.15) is 5.69 Å². The molecule has 1 unspecified atom stereocenters. The van der Waals surface area contributed by atoms with E-state index in [0.29, 0.717) is 11.6 Å². The Labute approximate surface area is 102 Å². The fraction of sp³-hybridized carbons (Fsp3) is 0.615. The van der Waals surface area contributed by atoms with E-state index in [0.717, 1.165) is 0 Å². The van der Waals surface area contributed by atoms with Gasteiger partial charge in [0.2, 0.25) is 0 Å². The average Bonchev–Trinajstić information content (AvgIpc) is 2.40. The Morgan fingerprint density at radius 1 is 1.35 bits per heavy atom. The number of nitrogens with one attached hydrogen (secondary N) is 1. The topological polar surface area (TPSA) is 54.9 Å². The number of carbonyl (C=O) groups excluding carboxylic acids is 1. The first kappa shape index (κ1) is 12.0. The fourth-order valence-electron chi connectivity index (χ4n) is 2.45. The van der Waals surface area contributed by atoms with Crippen molar-refractivity contribution in [2.24, 2.45) is 5.92 Å². The maximum Gasteiger partial charge on any atom is 0.271 e. The molecule has 17 heavy (non-hydrogen) atoms. The summed E-state index contributed by atoms with van der Waals surface area (Å²) in [6.07, 6.45) is 11.0. The molecule has 0 bridgehead atoms. The number of hydrogen-bond acceptors (Lipinski definition) is 3. The molecule has 1 aliphatic rings. The molecular weight excluding hydrogens is 214 g/mol. The normalized spacial score (nSPS) is 18.6. The van der Waals surface area contributed by atoms with E-state index in [1.807, 2.05) is 0 Å². The van der Waals surface area contributed by atoms with Crippen molar-refractivity contribution in [3.05, 3.63) is 24.3 Å². The van der Waals surface area contributed by atoms with E-state index in [9.17, 15) is 4.79 Å². The van der Waals surface area contributed by atoms with Gasteiger partial charge in [-0.15, -0.1) is 0 Å². The van der Waals surface area contributed by atoms with E-state index in [2.05, 4.69) is 22.2 Å². The molecule has 1 N–H and O–H groups in total. The zero-order valence-electron chi connectivity index (χ0n) is 10.2. The van der Waals surface area contributed by atoms with Gasteiger partial charge in [0.05, 0.1) is 6.20 Å². The van der Waals surface area contributed by atoms with Crippen molar-refractivity contribution in [2.75, 3.05) is 0 Å². The summed E-state index contributed by atoms with van der Waals surface area (Å²) in [4.78, 5) is 19.8. The highest BCUT2D eigenvalue weighted by molar-refractivity contribution is 5.92. The van der Waals surface area contributed by atoms with Crippen molar-refractivity contribution in [1.29, 1.82) is 0 Å². The summed E-state index contributed by atoms with van der Waals surface area (Å²) in [5, 5.41) is 3.02. The molecule has 1 amide bonds. The van der Waals surface area contributed by atoms with Crippen LogP contribution in [0.5, 0.6) is 0 Å². The number of rotatable bonds is 3. The second-order valence-electron chi connectivity index (χ2n) is 4.75. The lowest BCUT2D eigenvalue weighted by Crippen LogP contribution is -2.39. The maximum atomic E-state index is 11.9. The van der Waals surface area contributed by atoms with Crippen LogP contribution in [0.25, 0.3) is 0 Å². The molecule has 1 aromatic rings. The number of amides is 1. The predicted octanol–water partition coefficient (Wildman–Crippen LogP) is 2.18. The summed E-state index contributed by atoms with van der Waals surface area (Å²) in [6, 6.07) is 0.227. The lowest BCUT2D eigenvalue weighted by molar-refractivity contribution is 0.0914. The number of carbonyl (C=O) groups is 1. The van der Waals surface area contributed by atoms with Crippen molar-refractivity contribution < 1.29 is 4.79 Å². The van der Waals surface area contributed by atoms with Crippen LogP contribution in [0.2, 0.25) is 0 Å². The highest BCUT2D eigenvalue weighted by atomic mass is 16.1. The minimum absolute atomic E-state index is 0.115. The zero-order chi connectivity index (χ0) is 12.1. The van der Waals surface area contributed by atoms with Crippen LogP contribution in [-0.2, 0) is 0 Å². The molecule has 4 heteroatoms. The third-order valence-electron chi connectivity index (χ3n) is 3.51. The first-order valence-corrected chi connectivity index (χ1v) is 6.34. The molecule has 4 nitrogen and oxygen atoms in total. The monoisotopic (exact) mass is 233 g/mol. The Bertz CT molecular complexity index is 360. The zero-order valence-corrected chi connectivity index (χ0v) is 10.2. The van der Waals surface area contributed by atoms with E-state index in [4.69, 9.17) is 0 Å². The summed E-state index contributed by atoms with van der Waals surface area (Å²) in [7, 11) is 0. The lowest BCUT2D eigenvalue weighted by Gasteiger charge is -2.28. The lowest BCUT2D eigenvalue weighted by atomic mass is 9.84. The van der Waals surface area contributed by atoms with Gasteiger partial charge in [-0.1, -0.05) is 19.3 Å². The van der Waals surface area contributed by atoms with Gasteiger partial charge in [-0.05, 0) is 25.7 Å². The standard InChI is InChI=1S/C13H19N3O/c1-10(11-5-3-2-4-6-11)16-13(17)12-9-14-7-8-15-12/h7-11H,2-6H2,1H3,(H,16,17). The summed E-state index contributed by atoms with van der Waals surface area (Å²) >= 11 is 0. The van der Waals surface area contributed by atoms with Crippen LogP contribution in [0.1, 0.15) is 49.5 Å². The highest BCUT2D eigenvalue weighted by Gasteiger charge is 2.22. The maximum absolute atomic E-state index is 11.9. The van der Waals surface area contributed by atoms with Crippen LogP contribution < -0.4 is 5.32 Å². The molecule has 1 fully saturated rings. The van der Waals surface area contributed by atoms with Gasteiger partial charge in [-0.2, -0.15) is 0 Å². The van der Waals surface area contributed by atoms with Crippen molar-refractivity contribution in [3.8, 4) is 0 Å². The van der Waals surface area contributed by atoms with Gasteiger partial charge in [-0.3, -0.25) is 9.78 Å². The molecule has 92 valence electrons. The average molecular weight is 233 g/mol. The van der Waals surface area contributed by atoms with Gasteiger partial charge < -0.3 is 5.32 Å². The Kier molecular flexibility index (Phi) is 4.07. The van der Waals surface area contributed by atoms with Gasteiger partial charge in [-0.25, -0.2) is 4.98 Å².